The third-order valence-corrected chi connectivity index (χ3v) is 5.41. The minimum absolute atomic E-state index is 0.0533. The van der Waals surface area contributed by atoms with E-state index in [9.17, 15) is 9.59 Å². The molecule has 0 unspecified atom stereocenters. The Bertz CT molecular complexity index is 427. The van der Waals surface area contributed by atoms with Crippen molar-refractivity contribution in [2.24, 2.45) is 22.7 Å². The molecule has 0 bridgehead atoms. The van der Waals surface area contributed by atoms with Gasteiger partial charge in [0.05, 0.1) is 0 Å². The Balaban J connectivity index is 1.56. The summed E-state index contributed by atoms with van der Waals surface area (Å²) in [5.41, 5.74) is 0. The summed E-state index contributed by atoms with van der Waals surface area (Å²) in [4.78, 5) is 28.6. The van der Waals surface area contributed by atoms with Crippen molar-refractivity contribution < 1.29 is 9.59 Å². The van der Waals surface area contributed by atoms with Gasteiger partial charge in [-0.25, -0.2) is 0 Å². The number of carbonyl (C=O) groups excluding carboxylic acids is 2. The number of ketones is 1. The highest BCUT2D eigenvalue weighted by Gasteiger charge is 2.27. The van der Waals surface area contributed by atoms with E-state index >= 15 is 0 Å². The van der Waals surface area contributed by atoms with Crippen molar-refractivity contribution in [2.75, 3.05) is 6.54 Å². The molecule has 0 saturated heterocycles. The summed E-state index contributed by atoms with van der Waals surface area (Å²) < 4.78 is 0. The lowest BCUT2D eigenvalue weighted by atomic mass is 9.81. The highest BCUT2D eigenvalue weighted by Crippen LogP contribution is 2.28. The highest BCUT2D eigenvalue weighted by molar-refractivity contribution is 5.85. The fraction of sp³-hybridized carbons (Fsp3) is 0.842. The third-order valence-electron chi connectivity index (χ3n) is 5.41. The molecule has 1 heterocycles. The second kappa shape index (κ2) is 9.19. The van der Waals surface area contributed by atoms with Crippen LogP contribution in [-0.4, -0.2) is 30.5 Å². The fourth-order valence-corrected chi connectivity index (χ4v) is 3.77. The molecule has 1 N–H and O–H groups in total. The molecule has 1 aliphatic carbocycles. The van der Waals surface area contributed by atoms with Crippen LogP contribution in [0.1, 0.15) is 71.6 Å². The van der Waals surface area contributed by atoms with Gasteiger partial charge in [-0.2, -0.15) is 0 Å². The molecule has 1 saturated carbocycles. The number of nitrogens with one attached hydrogen (secondary N) is 1. The molecule has 2 aliphatic rings. The van der Waals surface area contributed by atoms with Gasteiger partial charge in [0.25, 0.3) is 0 Å². The molecule has 0 radical (unpaired) electrons. The number of hydrogen-bond acceptors (Lipinski definition) is 3. The second-order valence-corrected chi connectivity index (χ2v) is 7.41. The van der Waals surface area contributed by atoms with Crippen LogP contribution in [0.5, 0.6) is 0 Å². The van der Waals surface area contributed by atoms with Gasteiger partial charge >= 0.3 is 0 Å². The summed E-state index contributed by atoms with van der Waals surface area (Å²) in [5.74, 6) is 1.34. The van der Waals surface area contributed by atoms with Crippen molar-refractivity contribution >= 4 is 17.9 Å². The molecular weight excluding hydrogens is 288 g/mol. The number of Topliss-reactive ketones (excluding diaryl/α,β-unsaturated/α-hetero) is 1. The minimum Gasteiger partial charge on any atom is -0.354 e. The molecule has 3 atom stereocenters. The van der Waals surface area contributed by atoms with Gasteiger partial charge in [-0.3, -0.25) is 14.6 Å². The first kappa shape index (κ1) is 18.2. The summed E-state index contributed by atoms with van der Waals surface area (Å²) in [5, 5.41) is 2.98. The van der Waals surface area contributed by atoms with Crippen LogP contribution in [0.4, 0.5) is 0 Å². The van der Waals surface area contributed by atoms with Crippen LogP contribution in [-0.2, 0) is 9.59 Å². The van der Waals surface area contributed by atoms with Gasteiger partial charge in [0.15, 0.2) is 0 Å². The van der Waals surface area contributed by atoms with E-state index in [0.29, 0.717) is 24.2 Å². The summed E-state index contributed by atoms with van der Waals surface area (Å²) in [6.45, 7) is 4.84. The molecule has 0 aromatic carbocycles. The predicted octanol–water partition coefficient (Wildman–Crippen LogP) is 3.54. The van der Waals surface area contributed by atoms with Crippen molar-refractivity contribution in [3.63, 3.8) is 0 Å². The van der Waals surface area contributed by atoms with Gasteiger partial charge in [0, 0.05) is 24.6 Å². The molecule has 0 spiro atoms. The SMILES string of the molecule is C[C@H](CCCCNC(=O)[C@H]1N=CC[C@@H]1C)C(=O)C1CCCCC1. The summed E-state index contributed by atoms with van der Waals surface area (Å²) in [6.07, 6.45) is 11.6. The Labute approximate surface area is 140 Å². The standard InChI is InChI=1S/C19H32N2O2/c1-14-11-13-20-17(14)19(23)21-12-7-6-8-15(2)18(22)16-9-4-3-5-10-16/h13-17H,3-12H2,1-2H3,(H,21,23)/t14-,15+,17-/m0/s1. The second-order valence-electron chi connectivity index (χ2n) is 7.41. The van der Waals surface area contributed by atoms with E-state index in [4.69, 9.17) is 0 Å². The van der Waals surface area contributed by atoms with Gasteiger partial charge in [0.1, 0.15) is 11.8 Å². The Morgan fingerprint density at radius 3 is 2.61 bits per heavy atom. The summed E-state index contributed by atoms with van der Waals surface area (Å²) in [6, 6.07) is -0.193. The van der Waals surface area contributed by atoms with Crippen molar-refractivity contribution in [1.29, 1.82) is 0 Å². The zero-order valence-corrected chi connectivity index (χ0v) is 14.7. The lowest BCUT2D eigenvalue weighted by molar-refractivity contribution is -0.127. The number of amides is 1. The minimum atomic E-state index is -0.193. The average Bonchev–Trinajstić information content (AvgIpc) is 3.00. The maximum Gasteiger partial charge on any atom is 0.245 e. The molecule has 4 heteroatoms. The van der Waals surface area contributed by atoms with Gasteiger partial charge in [-0.05, 0) is 38.0 Å². The van der Waals surface area contributed by atoms with E-state index in [-0.39, 0.29) is 17.9 Å². The van der Waals surface area contributed by atoms with E-state index in [1.807, 2.05) is 6.21 Å². The maximum absolute atomic E-state index is 12.4. The quantitative estimate of drug-likeness (QED) is 0.695. The van der Waals surface area contributed by atoms with Crippen molar-refractivity contribution in [2.45, 2.75) is 77.7 Å². The van der Waals surface area contributed by atoms with E-state index in [0.717, 1.165) is 38.5 Å². The van der Waals surface area contributed by atoms with Gasteiger partial charge in [-0.1, -0.05) is 39.5 Å². The Morgan fingerprint density at radius 1 is 1.22 bits per heavy atom. The number of nitrogens with zero attached hydrogens (tertiary/aromatic N) is 1. The molecule has 4 nitrogen and oxygen atoms in total. The molecule has 130 valence electrons. The number of carbonyl (C=O) groups is 2. The number of aliphatic imine (C=N–C) groups is 1. The third kappa shape index (κ3) is 5.43. The van der Waals surface area contributed by atoms with E-state index in [1.54, 1.807) is 0 Å². The summed E-state index contributed by atoms with van der Waals surface area (Å²) in [7, 11) is 0. The molecular formula is C19H32N2O2. The monoisotopic (exact) mass is 320 g/mol. The van der Waals surface area contributed by atoms with Crippen LogP contribution in [0.25, 0.3) is 0 Å². The van der Waals surface area contributed by atoms with Crippen LogP contribution in [0.15, 0.2) is 4.99 Å². The van der Waals surface area contributed by atoms with Crippen LogP contribution < -0.4 is 5.32 Å². The first-order valence-corrected chi connectivity index (χ1v) is 9.42. The maximum atomic E-state index is 12.4. The largest absolute Gasteiger partial charge is 0.354 e. The van der Waals surface area contributed by atoms with Crippen molar-refractivity contribution in [3.8, 4) is 0 Å². The molecule has 1 aliphatic heterocycles. The van der Waals surface area contributed by atoms with Crippen LogP contribution in [0.3, 0.4) is 0 Å². The highest BCUT2D eigenvalue weighted by atomic mass is 16.2. The Hall–Kier alpha value is -1.19. The first-order valence-electron chi connectivity index (χ1n) is 9.42. The van der Waals surface area contributed by atoms with E-state index in [2.05, 4.69) is 24.2 Å². The number of unbranched alkanes of at least 4 members (excludes halogenated alkanes) is 1. The zero-order valence-electron chi connectivity index (χ0n) is 14.7. The molecule has 23 heavy (non-hydrogen) atoms. The van der Waals surface area contributed by atoms with Crippen molar-refractivity contribution in [3.05, 3.63) is 0 Å². The average molecular weight is 320 g/mol. The zero-order chi connectivity index (χ0) is 16.7. The lowest BCUT2D eigenvalue weighted by Crippen LogP contribution is -2.36. The normalized spacial score (nSPS) is 26.2. The van der Waals surface area contributed by atoms with Crippen molar-refractivity contribution in [1.82, 2.24) is 5.32 Å². The fourth-order valence-electron chi connectivity index (χ4n) is 3.77. The van der Waals surface area contributed by atoms with Gasteiger partial charge < -0.3 is 5.32 Å². The Morgan fingerprint density at radius 2 is 1.96 bits per heavy atom. The van der Waals surface area contributed by atoms with Crippen LogP contribution in [0.2, 0.25) is 0 Å². The number of rotatable bonds is 8. The first-order chi connectivity index (χ1) is 11.1. The predicted molar refractivity (Wildman–Crippen MR) is 93.7 cm³/mol. The van der Waals surface area contributed by atoms with E-state index < -0.39 is 0 Å². The van der Waals surface area contributed by atoms with Crippen LogP contribution >= 0.6 is 0 Å². The molecule has 0 aromatic heterocycles. The van der Waals surface area contributed by atoms with Gasteiger partial charge in [0.2, 0.25) is 5.91 Å². The smallest absolute Gasteiger partial charge is 0.245 e. The Kier molecular flexibility index (Phi) is 7.25. The van der Waals surface area contributed by atoms with Gasteiger partial charge in [-0.15, -0.1) is 0 Å². The molecule has 1 amide bonds. The summed E-state index contributed by atoms with van der Waals surface area (Å²) >= 11 is 0. The molecule has 0 aromatic rings. The molecule has 2 rings (SSSR count). The lowest BCUT2D eigenvalue weighted by Gasteiger charge is -2.23. The van der Waals surface area contributed by atoms with Crippen LogP contribution in [0, 0.1) is 17.8 Å². The number of hydrogen-bond donors (Lipinski definition) is 1. The van der Waals surface area contributed by atoms with E-state index in [1.165, 1.54) is 19.3 Å². The molecule has 1 fully saturated rings. The topological polar surface area (TPSA) is 58.5 Å².